The lowest BCUT2D eigenvalue weighted by Crippen LogP contribution is -2.47. The predicted octanol–water partition coefficient (Wildman–Crippen LogP) is 0.884. The third-order valence-electron chi connectivity index (χ3n) is 3.10. The summed E-state index contributed by atoms with van der Waals surface area (Å²) in [6.45, 7) is 8.11. The molecule has 1 unspecified atom stereocenters. The molecule has 104 valence electrons. The molecule has 0 spiro atoms. The van der Waals surface area contributed by atoms with Crippen LogP contribution in [0.5, 0.6) is 0 Å². The van der Waals surface area contributed by atoms with E-state index in [4.69, 9.17) is 10.9 Å². The van der Waals surface area contributed by atoms with Crippen LogP contribution in [-0.2, 0) is 10.0 Å². The molecule has 0 saturated carbocycles. The molecule has 0 amide bonds. The highest BCUT2D eigenvalue weighted by molar-refractivity contribution is 7.91. The number of rotatable bonds is 5. The molecule has 0 aliphatic heterocycles. The van der Waals surface area contributed by atoms with Crippen molar-refractivity contribution in [1.82, 2.24) is 4.98 Å². The SMILES string of the molecule is Cc1nc(NC(C)(CN)C(C)C)sc1S(N)(=O)=O. The summed E-state index contributed by atoms with van der Waals surface area (Å²) < 4.78 is 22.8. The number of primary sulfonamides is 1. The maximum absolute atomic E-state index is 11.3. The summed E-state index contributed by atoms with van der Waals surface area (Å²) in [5, 5.41) is 8.84. The second-order valence-electron chi connectivity index (χ2n) is 4.84. The molecule has 6 nitrogen and oxygen atoms in total. The van der Waals surface area contributed by atoms with Gasteiger partial charge in [0.1, 0.15) is 0 Å². The molecule has 1 aromatic heterocycles. The monoisotopic (exact) mass is 292 g/mol. The number of thiazole rings is 1. The van der Waals surface area contributed by atoms with Gasteiger partial charge in [-0.05, 0) is 19.8 Å². The minimum absolute atomic E-state index is 0.0909. The topological polar surface area (TPSA) is 111 Å². The fourth-order valence-electron chi connectivity index (χ4n) is 1.38. The van der Waals surface area contributed by atoms with Crippen molar-refractivity contribution >= 4 is 26.5 Å². The van der Waals surface area contributed by atoms with Gasteiger partial charge >= 0.3 is 0 Å². The largest absolute Gasteiger partial charge is 0.355 e. The van der Waals surface area contributed by atoms with E-state index in [2.05, 4.69) is 10.3 Å². The Morgan fingerprint density at radius 2 is 2.06 bits per heavy atom. The number of nitrogens with two attached hydrogens (primary N) is 2. The Labute approximate surface area is 112 Å². The van der Waals surface area contributed by atoms with E-state index in [9.17, 15) is 8.42 Å². The van der Waals surface area contributed by atoms with Gasteiger partial charge in [0.25, 0.3) is 0 Å². The molecule has 0 saturated heterocycles. The van der Waals surface area contributed by atoms with Crippen molar-refractivity contribution in [3.05, 3.63) is 5.69 Å². The number of hydrogen-bond acceptors (Lipinski definition) is 6. The third kappa shape index (κ3) is 3.19. The van der Waals surface area contributed by atoms with Gasteiger partial charge in [0.2, 0.25) is 10.0 Å². The zero-order chi connectivity index (χ0) is 14.1. The molecule has 18 heavy (non-hydrogen) atoms. The Balaban J connectivity index is 3.08. The van der Waals surface area contributed by atoms with Crippen molar-refractivity contribution in [1.29, 1.82) is 0 Å². The second kappa shape index (κ2) is 5.12. The van der Waals surface area contributed by atoms with Crippen molar-refractivity contribution in [3.63, 3.8) is 0 Å². The predicted molar refractivity (Wildman–Crippen MR) is 74.1 cm³/mol. The molecule has 5 N–H and O–H groups in total. The summed E-state index contributed by atoms with van der Waals surface area (Å²) in [5.41, 5.74) is 5.83. The van der Waals surface area contributed by atoms with Crippen LogP contribution in [0.1, 0.15) is 26.5 Å². The van der Waals surface area contributed by atoms with Crippen LogP contribution in [0.2, 0.25) is 0 Å². The van der Waals surface area contributed by atoms with Gasteiger partial charge in [-0.25, -0.2) is 18.5 Å². The maximum atomic E-state index is 11.3. The van der Waals surface area contributed by atoms with E-state index in [-0.39, 0.29) is 15.7 Å². The molecular weight excluding hydrogens is 272 g/mol. The Morgan fingerprint density at radius 3 is 2.39 bits per heavy atom. The minimum atomic E-state index is -3.71. The van der Waals surface area contributed by atoms with E-state index in [1.807, 2.05) is 20.8 Å². The first-order chi connectivity index (χ1) is 8.10. The molecule has 1 rings (SSSR count). The Hall–Kier alpha value is -0.700. The van der Waals surface area contributed by atoms with E-state index in [1.165, 1.54) is 0 Å². The average molecular weight is 292 g/mol. The molecule has 1 heterocycles. The minimum Gasteiger partial charge on any atom is -0.355 e. The highest BCUT2D eigenvalue weighted by Crippen LogP contribution is 2.29. The summed E-state index contributed by atoms with van der Waals surface area (Å²) in [4.78, 5) is 4.19. The first-order valence-corrected chi connectivity index (χ1v) is 7.95. The fraction of sp³-hybridized carbons (Fsp3) is 0.700. The van der Waals surface area contributed by atoms with E-state index in [0.29, 0.717) is 17.4 Å². The molecule has 0 aliphatic rings. The Kier molecular flexibility index (Phi) is 4.37. The lowest BCUT2D eigenvalue weighted by molar-refractivity contribution is 0.382. The van der Waals surface area contributed by atoms with Crippen molar-refractivity contribution in [3.8, 4) is 0 Å². The van der Waals surface area contributed by atoms with Gasteiger partial charge in [0, 0.05) is 6.54 Å². The Morgan fingerprint density at radius 1 is 1.50 bits per heavy atom. The normalized spacial score (nSPS) is 15.7. The van der Waals surface area contributed by atoms with Crippen molar-refractivity contribution in [2.45, 2.75) is 37.4 Å². The Bertz CT molecular complexity index is 524. The van der Waals surface area contributed by atoms with Crippen LogP contribution in [-0.4, -0.2) is 25.5 Å². The molecule has 0 aromatic carbocycles. The van der Waals surface area contributed by atoms with Crippen LogP contribution >= 0.6 is 11.3 Å². The fourth-order valence-corrected chi connectivity index (χ4v) is 3.37. The van der Waals surface area contributed by atoms with Gasteiger partial charge in [-0.15, -0.1) is 0 Å². The van der Waals surface area contributed by atoms with Crippen LogP contribution in [0, 0.1) is 12.8 Å². The molecule has 0 aliphatic carbocycles. The standard InChI is InChI=1S/C10H20N4O2S2/c1-6(2)10(4,5-11)14-9-13-7(3)8(17-9)18(12,15)16/h6H,5,11H2,1-4H3,(H,13,14)(H2,12,15,16). The highest BCUT2D eigenvalue weighted by Gasteiger charge is 2.28. The molecule has 0 fully saturated rings. The molecular formula is C10H20N4O2S2. The lowest BCUT2D eigenvalue weighted by Gasteiger charge is -2.33. The van der Waals surface area contributed by atoms with Gasteiger partial charge in [0.05, 0.1) is 11.2 Å². The zero-order valence-electron chi connectivity index (χ0n) is 11.0. The summed E-state index contributed by atoms with van der Waals surface area (Å²) in [5.74, 6) is 0.282. The molecule has 1 aromatic rings. The number of sulfonamides is 1. The summed E-state index contributed by atoms with van der Waals surface area (Å²) in [6, 6.07) is 0. The smallest absolute Gasteiger partial charge is 0.249 e. The van der Waals surface area contributed by atoms with Gasteiger partial charge in [0.15, 0.2) is 9.34 Å². The summed E-state index contributed by atoms with van der Waals surface area (Å²) in [7, 11) is -3.71. The maximum Gasteiger partial charge on any atom is 0.249 e. The number of nitrogens with one attached hydrogen (secondary N) is 1. The van der Waals surface area contributed by atoms with Crippen LogP contribution in [0.4, 0.5) is 5.13 Å². The van der Waals surface area contributed by atoms with Crippen molar-refractivity contribution in [2.24, 2.45) is 16.8 Å². The zero-order valence-corrected chi connectivity index (χ0v) is 12.7. The first kappa shape index (κ1) is 15.4. The van der Waals surface area contributed by atoms with Crippen LogP contribution in [0.25, 0.3) is 0 Å². The number of anilines is 1. The van der Waals surface area contributed by atoms with Gasteiger partial charge in [-0.2, -0.15) is 0 Å². The van der Waals surface area contributed by atoms with Gasteiger partial charge < -0.3 is 11.1 Å². The first-order valence-electron chi connectivity index (χ1n) is 5.58. The van der Waals surface area contributed by atoms with Gasteiger partial charge in [-0.3, -0.25) is 0 Å². The van der Waals surface area contributed by atoms with Crippen LogP contribution in [0.15, 0.2) is 4.21 Å². The molecule has 0 bridgehead atoms. The van der Waals surface area contributed by atoms with Gasteiger partial charge in [-0.1, -0.05) is 25.2 Å². The van der Waals surface area contributed by atoms with Crippen LogP contribution in [0.3, 0.4) is 0 Å². The highest BCUT2D eigenvalue weighted by atomic mass is 32.2. The average Bonchev–Trinajstić information content (AvgIpc) is 2.58. The van der Waals surface area contributed by atoms with E-state index in [1.54, 1.807) is 6.92 Å². The number of hydrogen-bond donors (Lipinski definition) is 3. The van der Waals surface area contributed by atoms with Crippen LogP contribution < -0.4 is 16.2 Å². The summed E-state index contributed by atoms with van der Waals surface area (Å²) >= 11 is 1.04. The van der Waals surface area contributed by atoms with E-state index < -0.39 is 10.0 Å². The molecule has 8 heteroatoms. The lowest BCUT2D eigenvalue weighted by atomic mass is 9.89. The van der Waals surface area contributed by atoms with Crippen molar-refractivity contribution < 1.29 is 8.42 Å². The van der Waals surface area contributed by atoms with Crippen molar-refractivity contribution in [2.75, 3.05) is 11.9 Å². The quantitative estimate of drug-likeness (QED) is 0.746. The number of aryl methyl sites for hydroxylation is 1. The number of nitrogens with zero attached hydrogens (tertiary/aromatic N) is 1. The van der Waals surface area contributed by atoms with E-state index >= 15 is 0 Å². The third-order valence-corrected chi connectivity index (χ3v) is 5.73. The number of aromatic nitrogens is 1. The van der Waals surface area contributed by atoms with E-state index in [0.717, 1.165) is 11.3 Å². The molecule has 0 radical (unpaired) electrons. The molecule has 1 atom stereocenters. The second-order valence-corrected chi connectivity index (χ2v) is 7.59. The summed E-state index contributed by atoms with van der Waals surface area (Å²) in [6.07, 6.45) is 0.